The molecule has 1 rings (SSSR count). The average molecular weight is 262 g/mol. The highest BCUT2D eigenvalue weighted by Gasteiger charge is 2.23. The van der Waals surface area contributed by atoms with Gasteiger partial charge < -0.3 is 10.2 Å². The summed E-state index contributed by atoms with van der Waals surface area (Å²) >= 11 is 0. The summed E-state index contributed by atoms with van der Waals surface area (Å²) in [6.45, 7) is 0.156. The third kappa shape index (κ3) is 3.88. The molecular weight excluding hydrogens is 246 g/mol. The van der Waals surface area contributed by atoms with Gasteiger partial charge in [0, 0.05) is 12.1 Å². The molecule has 0 atom stereocenters. The summed E-state index contributed by atoms with van der Waals surface area (Å²) in [5, 5.41) is 18.5. The highest BCUT2D eigenvalue weighted by atomic mass is 32.2. The number of quaternary nitrogens is 1. The standard InChI is InChI=1S/C10H15NO5S/c1-11(2,5-6-17(14,15)16)8-3-4-9(12)10(13)7-8/h3-4,7H,5-6H2,1-2H3,(H2-,12,13,14,15,16)/p+1. The molecular formula is C10H16NO5S+. The number of benzene rings is 1. The lowest BCUT2D eigenvalue weighted by molar-refractivity contribution is 0.390. The molecule has 0 unspecified atom stereocenters. The molecule has 0 saturated heterocycles. The molecule has 0 saturated carbocycles. The zero-order valence-corrected chi connectivity index (χ0v) is 10.5. The topological polar surface area (TPSA) is 94.8 Å². The first-order chi connectivity index (χ1) is 7.62. The van der Waals surface area contributed by atoms with Crippen molar-refractivity contribution in [2.75, 3.05) is 26.4 Å². The maximum atomic E-state index is 10.7. The molecule has 0 bridgehead atoms. The van der Waals surface area contributed by atoms with Gasteiger partial charge in [-0.25, -0.2) is 0 Å². The zero-order valence-electron chi connectivity index (χ0n) is 9.66. The van der Waals surface area contributed by atoms with E-state index in [1.807, 2.05) is 0 Å². The van der Waals surface area contributed by atoms with E-state index in [4.69, 9.17) is 4.55 Å². The Hall–Kier alpha value is -1.31. The number of aromatic hydroxyl groups is 2. The van der Waals surface area contributed by atoms with Crippen LogP contribution in [0.15, 0.2) is 18.2 Å². The van der Waals surface area contributed by atoms with E-state index in [9.17, 15) is 18.6 Å². The van der Waals surface area contributed by atoms with Gasteiger partial charge in [0.05, 0.1) is 20.6 Å². The van der Waals surface area contributed by atoms with Crippen molar-refractivity contribution in [1.29, 1.82) is 0 Å². The minimum atomic E-state index is -4.01. The highest BCUT2D eigenvalue weighted by Crippen LogP contribution is 2.31. The first-order valence-corrected chi connectivity index (χ1v) is 6.53. The molecule has 17 heavy (non-hydrogen) atoms. The Bertz CT molecular complexity index is 509. The average Bonchev–Trinajstić information content (AvgIpc) is 2.18. The van der Waals surface area contributed by atoms with Gasteiger partial charge in [-0.15, -0.1) is 0 Å². The van der Waals surface area contributed by atoms with Crippen molar-refractivity contribution < 1.29 is 23.2 Å². The third-order valence-corrected chi connectivity index (χ3v) is 3.26. The van der Waals surface area contributed by atoms with Gasteiger partial charge in [0.1, 0.15) is 11.4 Å². The van der Waals surface area contributed by atoms with Gasteiger partial charge >= 0.3 is 0 Å². The SMILES string of the molecule is C[N+](C)(CCS(=O)(=O)O)c1ccc(O)c(O)c1. The van der Waals surface area contributed by atoms with E-state index >= 15 is 0 Å². The maximum absolute atomic E-state index is 10.7. The Balaban J connectivity index is 2.92. The monoisotopic (exact) mass is 262 g/mol. The lowest BCUT2D eigenvalue weighted by atomic mass is 10.2. The van der Waals surface area contributed by atoms with Crippen molar-refractivity contribution in [3.05, 3.63) is 18.2 Å². The summed E-state index contributed by atoms with van der Waals surface area (Å²) in [5.74, 6) is -0.870. The molecule has 0 aliphatic rings. The highest BCUT2D eigenvalue weighted by molar-refractivity contribution is 7.85. The Labute approximate surface area is 100 Å². The van der Waals surface area contributed by atoms with Crippen molar-refractivity contribution >= 4 is 15.8 Å². The minimum absolute atomic E-state index is 0.156. The van der Waals surface area contributed by atoms with E-state index in [1.165, 1.54) is 12.1 Å². The lowest BCUT2D eigenvalue weighted by Gasteiger charge is -2.28. The number of hydrogen-bond donors (Lipinski definition) is 3. The Morgan fingerprint density at radius 3 is 2.24 bits per heavy atom. The van der Waals surface area contributed by atoms with Crippen LogP contribution in [-0.4, -0.2) is 49.6 Å². The van der Waals surface area contributed by atoms with Crippen LogP contribution in [0.3, 0.4) is 0 Å². The summed E-state index contributed by atoms with van der Waals surface area (Å²) in [6, 6.07) is 4.27. The van der Waals surface area contributed by atoms with E-state index in [-0.39, 0.29) is 28.3 Å². The summed E-state index contributed by atoms with van der Waals surface area (Å²) in [4.78, 5) is 0. The number of rotatable bonds is 4. The third-order valence-electron chi connectivity index (χ3n) is 2.57. The van der Waals surface area contributed by atoms with Crippen molar-refractivity contribution in [3.63, 3.8) is 0 Å². The van der Waals surface area contributed by atoms with Crippen LogP contribution in [0.4, 0.5) is 5.69 Å². The lowest BCUT2D eigenvalue weighted by Crippen LogP contribution is -2.44. The summed E-state index contributed by atoms with van der Waals surface area (Å²) in [6.07, 6.45) is 0. The van der Waals surface area contributed by atoms with Crippen molar-refractivity contribution in [2.45, 2.75) is 0 Å². The molecule has 3 N–H and O–H groups in total. The van der Waals surface area contributed by atoms with Crippen LogP contribution in [0, 0.1) is 0 Å². The minimum Gasteiger partial charge on any atom is -0.504 e. The summed E-state index contributed by atoms with van der Waals surface area (Å²) in [7, 11) is -0.545. The van der Waals surface area contributed by atoms with Gasteiger partial charge in [-0.3, -0.25) is 9.04 Å². The molecule has 0 aliphatic carbocycles. The number of hydrogen-bond acceptors (Lipinski definition) is 4. The Morgan fingerprint density at radius 2 is 1.76 bits per heavy atom. The molecule has 1 aromatic rings. The smallest absolute Gasteiger partial charge is 0.270 e. The quantitative estimate of drug-likeness (QED) is 0.418. The second-order valence-electron chi connectivity index (χ2n) is 4.37. The van der Waals surface area contributed by atoms with Gasteiger partial charge in [0.2, 0.25) is 0 Å². The van der Waals surface area contributed by atoms with E-state index in [0.29, 0.717) is 5.69 Å². The molecule has 0 amide bonds. The van der Waals surface area contributed by atoms with Crippen molar-refractivity contribution in [1.82, 2.24) is 4.48 Å². The fraction of sp³-hybridized carbons (Fsp3) is 0.400. The molecule has 0 aromatic heterocycles. The van der Waals surface area contributed by atoms with Crippen LogP contribution in [0.25, 0.3) is 0 Å². The van der Waals surface area contributed by atoms with Crippen LogP contribution < -0.4 is 4.48 Å². The molecule has 0 radical (unpaired) electrons. The van der Waals surface area contributed by atoms with Crippen LogP contribution in [0.5, 0.6) is 11.5 Å². The predicted octanol–water partition coefficient (Wildman–Crippen LogP) is 0.552. The first-order valence-electron chi connectivity index (χ1n) is 4.92. The van der Waals surface area contributed by atoms with Gasteiger partial charge in [0.25, 0.3) is 10.1 Å². The van der Waals surface area contributed by atoms with Crippen LogP contribution in [0.2, 0.25) is 0 Å². The summed E-state index contributed by atoms with van der Waals surface area (Å²) < 4.78 is 30.2. The van der Waals surface area contributed by atoms with Crippen molar-refractivity contribution in [3.8, 4) is 11.5 Å². The summed E-state index contributed by atoms with van der Waals surface area (Å²) in [5.41, 5.74) is 0.629. The number of nitrogens with zero attached hydrogens (tertiary/aromatic N) is 1. The number of phenols is 2. The Kier molecular flexibility index (Phi) is 3.65. The van der Waals surface area contributed by atoms with Crippen LogP contribution in [0.1, 0.15) is 0 Å². The maximum Gasteiger partial charge on any atom is 0.270 e. The van der Waals surface area contributed by atoms with Crippen molar-refractivity contribution in [2.24, 2.45) is 0 Å². The molecule has 7 heteroatoms. The molecule has 96 valence electrons. The van der Waals surface area contributed by atoms with E-state index in [2.05, 4.69) is 0 Å². The largest absolute Gasteiger partial charge is 0.504 e. The van der Waals surface area contributed by atoms with Crippen LogP contribution >= 0.6 is 0 Å². The zero-order chi connectivity index (χ0) is 13.3. The van der Waals surface area contributed by atoms with Gasteiger partial charge in [-0.05, 0) is 6.07 Å². The second kappa shape index (κ2) is 4.52. The molecule has 0 spiro atoms. The second-order valence-corrected chi connectivity index (χ2v) is 5.94. The predicted molar refractivity (Wildman–Crippen MR) is 64.7 cm³/mol. The van der Waals surface area contributed by atoms with Gasteiger partial charge in [-0.1, -0.05) is 0 Å². The number of phenolic OH excluding ortho intramolecular Hbond substituents is 2. The van der Waals surface area contributed by atoms with Gasteiger partial charge in [-0.2, -0.15) is 8.42 Å². The normalized spacial score (nSPS) is 12.6. The Morgan fingerprint density at radius 1 is 1.18 bits per heavy atom. The molecule has 0 heterocycles. The fourth-order valence-corrected chi connectivity index (χ4v) is 2.05. The molecule has 0 fully saturated rings. The molecule has 6 nitrogen and oxygen atoms in total. The molecule has 1 aromatic carbocycles. The van der Waals surface area contributed by atoms with Gasteiger partial charge in [0.15, 0.2) is 11.5 Å². The van der Waals surface area contributed by atoms with E-state index in [1.54, 1.807) is 20.2 Å². The molecule has 0 aliphatic heterocycles. The first kappa shape index (κ1) is 13.8. The van der Waals surface area contributed by atoms with E-state index < -0.39 is 10.1 Å². The van der Waals surface area contributed by atoms with E-state index in [0.717, 1.165) is 0 Å². The fourth-order valence-electron chi connectivity index (χ4n) is 1.36. The van der Waals surface area contributed by atoms with Crippen LogP contribution in [-0.2, 0) is 10.1 Å².